The van der Waals surface area contributed by atoms with Crippen molar-refractivity contribution in [2.45, 2.75) is 23.5 Å². The lowest BCUT2D eigenvalue weighted by Gasteiger charge is -2.24. The molecule has 1 heterocycles. The molecule has 9 nitrogen and oxygen atoms in total. The van der Waals surface area contributed by atoms with Crippen LogP contribution in [0.15, 0.2) is 29.2 Å². The number of carbonyl (C=O) groups is 1. The van der Waals surface area contributed by atoms with Crippen molar-refractivity contribution in [1.29, 1.82) is 0 Å². The topological polar surface area (TPSA) is 141 Å². The number of nitro groups is 1. The van der Waals surface area contributed by atoms with Crippen molar-refractivity contribution in [2.24, 2.45) is 0 Å². The fourth-order valence-electron chi connectivity index (χ4n) is 2.14. The van der Waals surface area contributed by atoms with Gasteiger partial charge in [-0.15, -0.1) is 0 Å². The van der Waals surface area contributed by atoms with Gasteiger partial charge in [-0.3, -0.25) is 10.1 Å². The number of carbonyl (C=O) groups excluding carboxylic acids is 1. The monoisotopic (exact) mass is 315 g/mol. The van der Waals surface area contributed by atoms with E-state index in [1.165, 1.54) is 0 Å². The van der Waals surface area contributed by atoms with Crippen LogP contribution >= 0.6 is 0 Å². The standard InChI is InChI=1S/C11H12N2O7S/c14-8-5-10(11(15)16)12(6-8)21(19,20)9-3-1-7(2-4-9)13(17)18/h1-4,8,10,14H,5-6H2,(H,15,16)/p-1/t8-,10-/m1/s1. The maximum atomic E-state index is 12.3. The normalized spacial score (nSPS) is 23.1. The molecule has 1 saturated heterocycles. The Kier molecular flexibility index (Phi) is 3.94. The first-order valence-electron chi connectivity index (χ1n) is 5.88. The summed E-state index contributed by atoms with van der Waals surface area (Å²) >= 11 is 0. The maximum Gasteiger partial charge on any atom is 0.269 e. The number of aliphatic hydroxyl groups is 1. The number of aliphatic hydroxyl groups excluding tert-OH is 1. The van der Waals surface area contributed by atoms with Gasteiger partial charge in [0.2, 0.25) is 10.0 Å². The Hall–Kier alpha value is -2.04. The number of nitrogens with zero attached hydrogens (tertiary/aromatic N) is 2. The van der Waals surface area contributed by atoms with E-state index in [4.69, 9.17) is 0 Å². The Morgan fingerprint density at radius 3 is 2.38 bits per heavy atom. The van der Waals surface area contributed by atoms with E-state index in [1.54, 1.807) is 0 Å². The Morgan fingerprint density at radius 1 is 1.33 bits per heavy atom. The lowest BCUT2D eigenvalue weighted by molar-refractivity contribution is -0.384. The Labute approximate surface area is 119 Å². The molecule has 0 aromatic heterocycles. The lowest BCUT2D eigenvalue weighted by atomic mass is 10.2. The Bertz CT molecular complexity index is 670. The molecule has 0 radical (unpaired) electrons. The number of non-ortho nitro benzene ring substituents is 1. The minimum absolute atomic E-state index is 0.255. The molecule has 2 atom stereocenters. The van der Waals surface area contributed by atoms with Crippen LogP contribution in [0.25, 0.3) is 0 Å². The van der Waals surface area contributed by atoms with Gasteiger partial charge in [-0.2, -0.15) is 4.31 Å². The number of carboxylic acids is 1. The molecule has 2 rings (SSSR count). The van der Waals surface area contributed by atoms with E-state index < -0.39 is 33.1 Å². The predicted molar refractivity (Wildman–Crippen MR) is 66.4 cm³/mol. The number of sulfonamides is 1. The van der Waals surface area contributed by atoms with Crippen LogP contribution in [-0.4, -0.2) is 47.4 Å². The first-order valence-corrected chi connectivity index (χ1v) is 7.32. The second-order valence-corrected chi connectivity index (χ2v) is 6.44. The predicted octanol–water partition coefficient (Wildman–Crippen LogP) is -1.53. The van der Waals surface area contributed by atoms with Crippen LogP contribution in [0.5, 0.6) is 0 Å². The van der Waals surface area contributed by atoms with Crippen molar-refractivity contribution in [3.8, 4) is 0 Å². The smallest absolute Gasteiger partial charge is 0.269 e. The molecular formula is C11H11N2O7S-. The molecule has 1 aliphatic heterocycles. The van der Waals surface area contributed by atoms with Gasteiger partial charge in [0.05, 0.1) is 27.9 Å². The third kappa shape index (κ3) is 2.86. The summed E-state index contributed by atoms with van der Waals surface area (Å²) in [6.45, 7) is -0.363. The largest absolute Gasteiger partial charge is 0.548 e. The second kappa shape index (κ2) is 5.39. The van der Waals surface area contributed by atoms with Crippen LogP contribution in [0.3, 0.4) is 0 Å². The van der Waals surface area contributed by atoms with Crippen molar-refractivity contribution < 1.29 is 28.3 Å². The first-order chi connectivity index (χ1) is 9.73. The van der Waals surface area contributed by atoms with Crippen LogP contribution in [0.2, 0.25) is 0 Å². The van der Waals surface area contributed by atoms with Gasteiger partial charge >= 0.3 is 0 Å². The molecule has 1 aromatic carbocycles. The van der Waals surface area contributed by atoms with E-state index in [-0.39, 0.29) is 23.5 Å². The van der Waals surface area contributed by atoms with E-state index in [9.17, 15) is 33.5 Å². The minimum atomic E-state index is -4.18. The molecule has 0 saturated carbocycles. The van der Waals surface area contributed by atoms with Gasteiger partial charge < -0.3 is 15.0 Å². The van der Waals surface area contributed by atoms with Gasteiger partial charge in [-0.25, -0.2) is 8.42 Å². The molecule has 10 heteroatoms. The van der Waals surface area contributed by atoms with Crippen LogP contribution in [0.4, 0.5) is 5.69 Å². The van der Waals surface area contributed by atoms with Crippen LogP contribution in [0.1, 0.15) is 6.42 Å². The molecule has 0 spiro atoms. The highest BCUT2D eigenvalue weighted by atomic mass is 32.2. The summed E-state index contributed by atoms with van der Waals surface area (Å²) in [4.78, 5) is 20.5. The third-order valence-electron chi connectivity index (χ3n) is 3.16. The van der Waals surface area contributed by atoms with Crippen LogP contribution < -0.4 is 5.11 Å². The Balaban J connectivity index is 2.37. The highest BCUT2D eigenvalue weighted by Gasteiger charge is 2.40. The number of hydrogen-bond donors (Lipinski definition) is 1. The molecule has 0 bridgehead atoms. The summed E-state index contributed by atoms with van der Waals surface area (Å²) in [5.74, 6) is -1.60. The summed E-state index contributed by atoms with van der Waals surface area (Å²) in [6.07, 6.45) is -1.35. The van der Waals surface area contributed by atoms with Gasteiger partial charge in [0.25, 0.3) is 5.69 Å². The summed E-state index contributed by atoms with van der Waals surface area (Å²) in [5.41, 5.74) is -0.285. The van der Waals surface area contributed by atoms with Crippen molar-refractivity contribution in [2.75, 3.05) is 6.54 Å². The molecule has 0 amide bonds. The number of β-amino-alcohol motifs (C(OH)–C–C–N with tert-alkyl or cyclic N) is 1. The van der Waals surface area contributed by atoms with Gasteiger partial charge in [-0.05, 0) is 18.6 Å². The zero-order valence-corrected chi connectivity index (χ0v) is 11.4. The Morgan fingerprint density at radius 2 is 1.90 bits per heavy atom. The fourth-order valence-corrected chi connectivity index (χ4v) is 3.77. The zero-order chi connectivity index (χ0) is 15.8. The average Bonchev–Trinajstić information content (AvgIpc) is 2.82. The summed E-state index contributed by atoms with van der Waals surface area (Å²) in [5, 5.41) is 30.9. The van der Waals surface area contributed by atoms with Gasteiger partial charge in [0, 0.05) is 18.7 Å². The summed E-state index contributed by atoms with van der Waals surface area (Å²) in [6, 6.07) is 2.59. The molecule has 114 valence electrons. The SMILES string of the molecule is O=C([O-])[C@H]1C[C@@H](O)CN1S(=O)(=O)c1ccc([N+](=O)[O-])cc1. The van der Waals surface area contributed by atoms with Crippen molar-refractivity contribution >= 4 is 21.7 Å². The number of carboxylic acid groups (broad SMARTS) is 1. The molecule has 21 heavy (non-hydrogen) atoms. The van der Waals surface area contributed by atoms with E-state index in [1.807, 2.05) is 0 Å². The second-order valence-electron chi connectivity index (χ2n) is 4.55. The van der Waals surface area contributed by atoms with Crippen molar-refractivity contribution in [1.82, 2.24) is 4.31 Å². The highest BCUT2D eigenvalue weighted by Crippen LogP contribution is 2.27. The van der Waals surface area contributed by atoms with E-state index in [0.29, 0.717) is 4.31 Å². The fraction of sp³-hybridized carbons (Fsp3) is 0.364. The number of aliphatic carboxylic acids is 1. The van der Waals surface area contributed by atoms with Gasteiger partial charge in [-0.1, -0.05) is 0 Å². The van der Waals surface area contributed by atoms with Crippen molar-refractivity contribution in [3.05, 3.63) is 34.4 Å². The van der Waals surface area contributed by atoms with Crippen LogP contribution in [0, 0.1) is 10.1 Å². The number of hydrogen-bond acceptors (Lipinski definition) is 7. The maximum absolute atomic E-state index is 12.3. The van der Waals surface area contributed by atoms with Gasteiger partial charge in [0.15, 0.2) is 0 Å². The first kappa shape index (κ1) is 15.4. The van der Waals surface area contributed by atoms with Crippen LogP contribution in [-0.2, 0) is 14.8 Å². The highest BCUT2D eigenvalue weighted by molar-refractivity contribution is 7.89. The third-order valence-corrected chi connectivity index (χ3v) is 5.05. The zero-order valence-electron chi connectivity index (χ0n) is 10.6. The molecule has 1 N–H and O–H groups in total. The summed E-state index contributed by atoms with van der Waals surface area (Å²) in [7, 11) is -4.18. The molecule has 1 fully saturated rings. The van der Waals surface area contributed by atoms with E-state index >= 15 is 0 Å². The minimum Gasteiger partial charge on any atom is -0.548 e. The molecule has 0 aliphatic carbocycles. The van der Waals surface area contributed by atoms with E-state index in [0.717, 1.165) is 24.3 Å². The molecule has 0 unspecified atom stereocenters. The molecular weight excluding hydrogens is 304 g/mol. The number of nitro benzene ring substituents is 1. The molecule has 1 aliphatic rings. The average molecular weight is 315 g/mol. The number of benzene rings is 1. The quantitative estimate of drug-likeness (QED) is 0.524. The lowest BCUT2D eigenvalue weighted by Crippen LogP contribution is -2.46. The van der Waals surface area contributed by atoms with Gasteiger partial charge in [0.1, 0.15) is 0 Å². The van der Waals surface area contributed by atoms with Crippen molar-refractivity contribution in [3.63, 3.8) is 0 Å². The van der Waals surface area contributed by atoms with E-state index in [2.05, 4.69) is 0 Å². The number of rotatable bonds is 4. The summed E-state index contributed by atoms with van der Waals surface area (Å²) < 4.78 is 25.3. The molecule has 1 aromatic rings.